The monoisotopic (exact) mass is 1780 g/mol. The molecule has 0 aliphatic carbocycles. The second-order valence-electron chi connectivity index (χ2n) is 35.2. The number of pyridine rings is 2. The summed E-state index contributed by atoms with van der Waals surface area (Å²) in [4.78, 5) is 8.48. The highest BCUT2D eigenvalue weighted by Crippen LogP contribution is 2.55. The molecule has 23 rings (SSSR count). The Hall–Kier alpha value is -15.8. The van der Waals surface area contributed by atoms with Gasteiger partial charge in [-0.05, 0) is 287 Å². The molecular formula is C128H94BBrN2O2. The third-order valence-electron chi connectivity index (χ3n) is 26.5. The number of hydrogen-bond acceptors (Lipinski definition) is 4. The van der Waals surface area contributed by atoms with Crippen molar-refractivity contribution >= 4 is 71.6 Å². The van der Waals surface area contributed by atoms with Crippen molar-refractivity contribution in [1.82, 2.24) is 9.97 Å². The zero-order valence-corrected chi connectivity index (χ0v) is 76.6. The zero-order valence-electron chi connectivity index (χ0n) is 75.0. The molecule has 1 aliphatic rings. The summed E-state index contributed by atoms with van der Waals surface area (Å²) in [5.74, 6) is 0. The van der Waals surface area contributed by atoms with E-state index in [1.807, 2.05) is 58.3 Å². The standard InChI is InChI=1S/C61H41N.C56H37Br.C11H16BNO2/c1-5-20-42(21-6-1)55-40-56(60(44-24-9-3-10-25-44)61(45-26-11-4-12-27-45)59(55)43-22-7-2-8-23-43)47-29-18-31-49(39-47)58-53-35-15-13-33-51(53)57(52-34-14-16-36-54(52)58)48-30-17-28-46(38-48)50-32-19-37-62-41-50;57-45-30-18-29-44(36-45)53-48-33-15-13-31-46(48)52(47-32-14-16-34-49(47)53)43-28-17-27-42(35-43)51-37-50(38-19-5-1-6-20-38)54(39-21-7-2-8-22-39)56(41-25-11-4-12-26-41)55(51)40-23-9-3-10-24-40;1-10(2)11(3,4)15-12(14-10)9-6-5-7-13-8-9/h1-41H;1-37H;5-8H,1-4H3. The normalized spacial score (nSPS) is 12.6. The van der Waals surface area contributed by atoms with Crippen molar-refractivity contribution in [2.45, 2.75) is 38.9 Å². The van der Waals surface area contributed by atoms with E-state index in [0.717, 1.165) is 26.6 Å². The largest absolute Gasteiger partial charge is 0.496 e. The number of fused-ring (bicyclic) bond motifs is 4. The Kier molecular flexibility index (Phi) is 23.8. The fourth-order valence-electron chi connectivity index (χ4n) is 19.6. The van der Waals surface area contributed by atoms with Gasteiger partial charge in [0.05, 0.1) is 11.2 Å². The van der Waals surface area contributed by atoms with Gasteiger partial charge in [0.1, 0.15) is 0 Å². The van der Waals surface area contributed by atoms with Gasteiger partial charge in [-0.1, -0.05) is 435 Å². The zero-order chi connectivity index (χ0) is 90.5. The van der Waals surface area contributed by atoms with E-state index in [2.05, 4.69) is 481 Å². The van der Waals surface area contributed by atoms with Gasteiger partial charge in [-0.15, -0.1) is 0 Å². The van der Waals surface area contributed by atoms with E-state index in [9.17, 15) is 0 Å². The summed E-state index contributed by atoms with van der Waals surface area (Å²) < 4.78 is 12.8. The Balaban J connectivity index is 0.000000139. The van der Waals surface area contributed by atoms with Crippen LogP contribution >= 0.6 is 15.9 Å². The molecule has 22 aromatic rings. The van der Waals surface area contributed by atoms with Crippen LogP contribution in [-0.4, -0.2) is 28.3 Å². The van der Waals surface area contributed by atoms with Crippen molar-refractivity contribution in [3.63, 3.8) is 0 Å². The summed E-state index contributed by atoms with van der Waals surface area (Å²) in [5, 5.41) is 9.86. The second-order valence-corrected chi connectivity index (χ2v) is 36.1. The van der Waals surface area contributed by atoms with Crippen LogP contribution in [0.1, 0.15) is 27.7 Å². The van der Waals surface area contributed by atoms with Gasteiger partial charge in [0, 0.05) is 40.3 Å². The molecule has 2 aromatic heterocycles. The Morgan fingerprint density at radius 3 is 0.709 bits per heavy atom. The van der Waals surface area contributed by atoms with Gasteiger partial charge in [0.15, 0.2) is 0 Å². The van der Waals surface area contributed by atoms with Gasteiger partial charge in [0.25, 0.3) is 0 Å². The minimum Gasteiger partial charge on any atom is -0.399 e. The van der Waals surface area contributed by atoms with E-state index in [4.69, 9.17) is 9.31 Å². The first kappa shape index (κ1) is 85.0. The van der Waals surface area contributed by atoms with E-state index in [-0.39, 0.29) is 18.3 Å². The van der Waals surface area contributed by atoms with Crippen LogP contribution in [0.3, 0.4) is 0 Å². The second kappa shape index (κ2) is 37.6. The molecule has 0 atom stereocenters. The lowest BCUT2D eigenvalue weighted by atomic mass is 9.78. The summed E-state index contributed by atoms with van der Waals surface area (Å²) in [5.41, 5.74) is 36.3. The summed E-state index contributed by atoms with van der Waals surface area (Å²) in [6.45, 7) is 8.18. The fraction of sp³-hybridized carbons (Fsp3) is 0.0469. The van der Waals surface area contributed by atoms with E-state index in [0.29, 0.717) is 0 Å². The van der Waals surface area contributed by atoms with Gasteiger partial charge >= 0.3 is 7.12 Å². The molecule has 3 heterocycles. The molecule has 20 aromatic carbocycles. The van der Waals surface area contributed by atoms with Gasteiger partial charge in [-0.2, -0.15) is 0 Å². The molecule has 1 aliphatic heterocycles. The Morgan fingerprint density at radius 2 is 0.418 bits per heavy atom. The molecule has 1 saturated heterocycles. The van der Waals surface area contributed by atoms with Gasteiger partial charge in [-0.25, -0.2) is 0 Å². The molecule has 0 radical (unpaired) electrons. The molecule has 0 amide bonds. The van der Waals surface area contributed by atoms with Crippen LogP contribution in [-0.2, 0) is 9.31 Å². The SMILES string of the molecule is Brc1cccc(-c2c3ccccc3c(-c3cccc(-c4cc(-c5ccccc5)c(-c5ccccc5)c(-c5ccccc5)c4-c4ccccc4)c3)c3ccccc23)c1.CC1(C)OB(c2cccnc2)OC1(C)C.c1ccc(-c2cc(-c3cccc(-c4c5ccccc5c(-c5cccc(-c6cccnc6)c5)c5ccccc45)c3)c(-c3ccccc3)c(-c3ccccc3)c2-c2ccccc2)cc1. The lowest BCUT2D eigenvalue weighted by Crippen LogP contribution is -2.41. The van der Waals surface area contributed by atoms with Crippen LogP contribution < -0.4 is 5.46 Å². The Bertz CT molecular complexity index is 7880. The maximum absolute atomic E-state index is 5.89. The van der Waals surface area contributed by atoms with Crippen LogP contribution in [0.4, 0.5) is 0 Å². The lowest BCUT2D eigenvalue weighted by molar-refractivity contribution is 0.00578. The van der Waals surface area contributed by atoms with Crippen molar-refractivity contribution < 1.29 is 9.31 Å². The van der Waals surface area contributed by atoms with E-state index in [1.165, 1.54) is 193 Å². The van der Waals surface area contributed by atoms with Crippen molar-refractivity contribution in [3.8, 4) is 167 Å². The van der Waals surface area contributed by atoms with Crippen LogP contribution in [0.25, 0.3) is 210 Å². The summed E-state index contributed by atoms with van der Waals surface area (Å²) >= 11 is 3.75. The predicted molar refractivity (Wildman–Crippen MR) is 570 cm³/mol. The van der Waals surface area contributed by atoms with Crippen LogP contribution in [0.5, 0.6) is 0 Å². The number of nitrogens with zero attached hydrogens (tertiary/aromatic N) is 2. The van der Waals surface area contributed by atoms with E-state index >= 15 is 0 Å². The Morgan fingerprint density at radius 1 is 0.187 bits per heavy atom. The molecular weight excluding hydrogens is 1690 g/mol. The van der Waals surface area contributed by atoms with Gasteiger partial charge in [-0.3, -0.25) is 9.97 Å². The molecule has 1 fully saturated rings. The predicted octanol–water partition coefficient (Wildman–Crippen LogP) is 34.5. The van der Waals surface area contributed by atoms with Crippen molar-refractivity contribution in [1.29, 1.82) is 0 Å². The van der Waals surface area contributed by atoms with Gasteiger partial charge < -0.3 is 9.31 Å². The summed E-state index contributed by atoms with van der Waals surface area (Å²) in [6.07, 6.45) is 7.29. The molecule has 6 heteroatoms. The first-order chi connectivity index (χ1) is 65.9. The average molecular weight is 1780 g/mol. The highest BCUT2D eigenvalue weighted by Gasteiger charge is 2.52. The van der Waals surface area contributed by atoms with Crippen molar-refractivity contribution in [2.24, 2.45) is 0 Å². The number of halogens is 1. The van der Waals surface area contributed by atoms with E-state index < -0.39 is 0 Å². The molecule has 0 bridgehead atoms. The van der Waals surface area contributed by atoms with Crippen LogP contribution in [0.2, 0.25) is 0 Å². The van der Waals surface area contributed by atoms with Crippen molar-refractivity contribution in [2.75, 3.05) is 0 Å². The molecule has 0 N–H and O–H groups in total. The average Bonchev–Trinajstić information content (AvgIpc) is 0.962. The number of hydrogen-bond donors (Lipinski definition) is 0. The fourth-order valence-corrected chi connectivity index (χ4v) is 20.0. The lowest BCUT2D eigenvalue weighted by Gasteiger charge is -2.32. The summed E-state index contributed by atoms with van der Waals surface area (Å²) in [7, 11) is -0.302. The maximum Gasteiger partial charge on any atom is 0.496 e. The van der Waals surface area contributed by atoms with Crippen LogP contribution in [0, 0.1) is 0 Å². The number of benzene rings is 20. The highest BCUT2D eigenvalue weighted by atomic mass is 79.9. The molecule has 0 unspecified atom stereocenters. The van der Waals surface area contributed by atoms with Crippen LogP contribution in [0.15, 0.2) is 502 Å². The molecule has 0 saturated carbocycles. The molecule has 0 spiro atoms. The molecule has 638 valence electrons. The smallest absolute Gasteiger partial charge is 0.399 e. The third-order valence-corrected chi connectivity index (χ3v) is 26.9. The summed E-state index contributed by atoms with van der Waals surface area (Å²) in [6, 6.07) is 172. The number of aromatic nitrogens is 2. The minimum absolute atomic E-state index is 0.284. The topological polar surface area (TPSA) is 44.2 Å². The molecule has 134 heavy (non-hydrogen) atoms. The van der Waals surface area contributed by atoms with Crippen molar-refractivity contribution in [3.05, 3.63) is 502 Å². The first-order valence-electron chi connectivity index (χ1n) is 45.9. The first-order valence-corrected chi connectivity index (χ1v) is 46.7. The van der Waals surface area contributed by atoms with Gasteiger partial charge in [0.2, 0.25) is 0 Å². The highest BCUT2D eigenvalue weighted by molar-refractivity contribution is 9.10. The maximum atomic E-state index is 5.89. The minimum atomic E-state index is -0.302. The number of rotatable bonds is 16. The third kappa shape index (κ3) is 16.8. The van der Waals surface area contributed by atoms with E-state index in [1.54, 1.807) is 12.4 Å². The Labute approximate surface area is 793 Å². The molecule has 4 nitrogen and oxygen atoms in total. The quantitative estimate of drug-likeness (QED) is 0.0714.